The van der Waals surface area contributed by atoms with Gasteiger partial charge in [0.15, 0.2) is 0 Å². The van der Waals surface area contributed by atoms with Gasteiger partial charge in [-0.05, 0) is 197 Å². The van der Waals surface area contributed by atoms with Crippen LogP contribution in [0.1, 0.15) is 157 Å². The molecule has 0 saturated heterocycles. The Kier molecular flexibility index (Phi) is 9.33. The number of rotatable bonds is 2. The number of aryl methyl sites for hydroxylation is 5. The molecular weight excluding hydrogens is 756 g/mol. The zero-order chi connectivity index (χ0) is 42.0. The first-order valence-corrected chi connectivity index (χ1v) is 24.8. The van der Waals surface area contributed by atoms with Gasteiger partial charge in [-0.1, -0.05) is 98.4 Å². The van der Waals surface area contributed by atoms with Gasteiger partial charge in [0.2, 0.25) is 0 Å². The van der Waals surface area contributed by atoms with Gasteiger partial charge in [0.25, 0.3) is 6.71 Å². The standard InChI is InChI=1S/C57H65BN2S/c1-36-29-49-52-50(30-36)60(43-24-25-45-46(35-43)57(7,8)28-27-56(45,5)6)53-44-34-41(55(2,3)4)22-26-51(44)61-54(53)58(52)47-32-39-19-15-11-12-16-20-40(39)33-48(47)59(49)42-23-21-37-17-13-9-10-14-18-38(37)31-42/h21-26,29-35H,9-20,27-28H2,1-8H3. The summed E-state index contributed by atoms with van der Waals surface area (Å²) in [4.78, 5) is 5.46. The largest absolute Gasteiger partial charge is 0.311 e. The van der Waals surface area contributed by atoms with Crippen molar-refractivity contribution < 1.29 is 0 Å². The molecule has 3 heterocycles. The number of nitrogens with zero attached hydrogens (tertiary/aromatic N) is 2. The fourth-order valence-electron chi connectivity index (χ4n) is 12.1. The summed E-state index contributed by atoms with van der Waals surface area (Å²) in [6.45, 7) is 19.5. The van der Waals surface area contributed by atoms with E-state index in [1.165, 1.54) is 172 Å². The normalized spacial score (nSPS) is 19.0. The van der Waals surface area contributed by atoms with Crippen molar-refractivity contribution in [3.05, 3.63) is 123 Å². The van der Waals surface area contributed by atoms with Crippen molar-refractivity contribution in [1.82, 2.24) is 0 Å². The quantitative estimate of drug-likeness (QED) is 0.160. The summed E-state index contributed by atoms with van der Waals surface area (Å²) in [6.07, 6.45) is 17.7. The molecule has 3 aliphatic carbocycles. The maximum absolute atomic E-state index is 2.73. The zero-order valence-corrected chi connectivity index (χ0v) is 39.1. The van der Waals surface area contributed by atoms with E-state index in [0.29, 0.717) is 0 Å². The Morgan fingerprint density at radius 3 is 1.84 bits per heavy atom. The molecule has 0 atom stereocenters. The lowest BCUT2D eigenvalue weighted by Crippen LogP contribution is -2.60. The van der Waals surface area contributed by atoms with Gasteiger partial charge in [0.1, 0.15) is 0 Å². The van der Waals surface area contributed by atoms with E-state index in [1.807, 2.05) is 0 Å². The van der Waals surface area contributed by atoms with Crippen LogP contribution in [0.5, 0.6) is 0 Å². The molecule has 2 aliphatic heterocycles. The first-order chi connectivity index (χ1) is 29.3. The summed E-state index contributed by atoms with van der Waals surface area (Å²) in [6, 6.07) is 33.0. The molecule has 0 fully saturated rings. The number of hydrogen-bond donors (Lipinski definition) is 0. The van der Waals surface area contributed by atoms with Crippen molar-refractivity contribution in [3.8, 4) is 0 Å². The van der Waals surface area contributed by atoms with Crippen molar-refractivity contribution in [2.75, 3.05) is 9.80 Å². The van der Waals surface area contributed by atoms with Crippen LogP contribution in [0.4, 0.5) is 34.1 Å². The average molecular weight is 821 g/mol. The summed E-state index contributed by atoms with van der Waals surface area (Å²) in [5.41, 5.74) is 23.5. The zero-order valence-electron chi connectivity index (χ0n) is 38.3. The second kappa shape index (κ2) is 14.4. The van der Waals surface area contributed by atoms with E-state index in [2.05, 4.69) is 155 Å². The molecule has 6 aromatic rings. The number of anilines is 6. The number of hydrogen-bond acceptors (Lipinski definition) is 3. The maximum Gasteiger partial charge on any atom is 0.264 e. The van der Waals surface area contributed by atoms with Crippen molar-refractivity contribution in [1.29, 1.82) is 0 Å². The van der Waals surface area contributed by atoms with Crippen molar-refractivity contribution in [2.24, 2.45) is 0 Å². The van der Waals surface area contributed by atoms with Gasteiger partial charge in [-0.25, -0.2) is 0 Å². The Morgan fingerprint density at radius 1 is 0.557 bits per heavy atom. The Bertz CT molecular complexity index is 2740. The molecule has 0 radical (unpaired) electrons. The first-order valence-electron chi connectivity index (χ1n) is 24.0. The molecule has 5 aliphatic rings. The summed E-state index contributed by atoms with van der Waals surface area (Å²) < 4.78 is 2.89. The molecule has 312 valence electrons. The third-order valence-corrected chi connectivity index (χ3v) is 17.0. The molecule has 0 saturated carbocycles. The van der Waals surface area contributed by atoms with Crippen LogP contribution in [-0.4, -0.2) is 6.71 Å². The molecule has 1 aromatic heterocycles. The molecule has 2 nitrogen and oxygen atoms in total. The summed E-state index contributed by atoms with van der Waals surface area (Å²) >= 11 is 2.06. The lowest BCUT2D eigenvalue weighted by Gasteiger charge is -2.45. The van der Waals surface area contributed by atoms with Crippen LogP contribution >= 0.6 is 11.3 Å². The van der Waals surface area contributed by atoms with Crippen molar-refractivity contribution in [3.63, 3.8) is 0 Å². The van der Waals surface area contributed by atoms with Crippen LogP contribution in [0.25, 0.3) is 10.1 Å². The minimum atomic E-state index is 0.0485. The minimum Gasteiger partial charge on any atom is -0.311 e. The first kappa shape index (κ1) is 39.6. The smallest absolute Gasteiger partial charge is 0.264 e. The highest BCUT2D eigenvalue weighted by molar-refractivity contribution is 7.33. The highest BCUT2D eigenvalue weighted by atomic mass is 32.1. The second-order valence-electron chi connectivity index (χ2n) is 22.1. The second-order valence-corrected chi connectivity index (χ2v) is 23.1. The fraction of sp³-hybridized carbons (Fsp3) is 0.439. The summed E-state index contributed by atoms with van der Waals surface area (Å²) in [5.74, 6) is 0. The van der Waals surface area contributed by atoms with Crippen molar-refractivity contribution >= 4 is 78.0 Å². The van der Waals surface area contributed by atoms with Gasteiger partial charge < -0.3 is 9.80 Å². The third kappa shape index (κ3) is 6.47. The predicted octanol–water partition coefficient (Wildman–Crippen LogP) is 14.3. The van der Waals surface area contributed by atoms with Gasteiger partial charge in [-0.2, -0.15) is 0 Å². The van der Waals surface area contributed by atoms with E-state index in [-0.39, 0.29) is 23.0 Å². The number of thiophene rings is 1. The van der Waals surface area contributed by atoms with Crippen LogP contribution in [0.3, 0.4) is 0 Å². The molecule has 0 bridgehead atoms. The Balaban J connectivity index is 1.22. The van der Waals surface area contributed by atoms with Gasteiger partial charge in [-0.3, -0.25) is 0 Å². The Labute approximate surface area is 370 Å². The molecule has 0 unspecified atom stereocenters. The van der Waals surface area contributed by atoms with E-state index >= 15 is 0 Å². The van der Waals surface area contributed by atoms with Gasteiger partial charge in [0.05, 0.1) is 5.69 Å². The monoisotopic (exact) mass is 820 g/mol. The third-order valence-electron chi connectivity index (χ3n) is 15.8. The lowest BCUT2D eigenvalue weighted by molar-refractivity contribution is 0.332. The van der Waals surface area contributed by atoms with Crippen LogP contribution < -0.4 is 25.5 Å². The van der Waals surface area contributed by atoms with Crippen LogP contribution in [0.15, 0.2) is 78.9 Å². The van der Waals surface area contributed by atoms with E-state index in [9.17, 15) is 0 Å². The molecule has 5 aromatic carbocycles. The number of fused-ring (bicyclic) bond motifs is 9. The highest BCUT2D eigenvalue weighted by Gasteiger charge is 2.46. The molecule has 0 spiro atoms. The van der Waals surface area contributed by atoms with Gasteiger partial charge >= 0.3 is 0 Å². The van der Waals surface area contributed by atoms with E-state index in [0.717, 1.165) is 0 Å². The summed E-state index contributed by atoms with van der Waals surface area (Å²) in [7, 11) is 0. The lowest BCUT2D eigenvalue weighted by atomic mass is 9.36. The molecule has 61 heavy (non-hydrogen) atoms. The topological polar surface area (TPSA) is 6.48 Å². The van der Waals surface area contributed by atoms with Gasteiger partial charge in [0, 0.05) is 43.3 Å². The fourth-order valence-corrected chi connectivity index (χ4v) is 13.4. The van der Waals surface area contributed by atoms with Crippen LogP contribution in [-0.2, 0) is 41.9 Å². The van der Waals surface area contributed by atoms with E-state index in [4.69, 9.17) is 0 Å². The van der Waals surface area contributed by atoms with Crippen LogP contribution in [0, 0.1) is 6.92 Å². The SMILES string of the molecule is Cc1cc2c3c(c1)N(c1ccc4c(c1)C(C)(C)CCC4(C)C)c1c(sc4ccc(C(C)(C)C)cc14)B3c1cc3c(cc1N2c1ccc2c(c1)CCCCCC2)CCCCCC3. The van der Waals surface area contributed by atoms with E-state index in [1.54, 1.807) is 22.3 Å². The van der Waals surface area contributed by atoms with Gasteiger partial charge in [-0.15, -0.1) is 11.3 Å². The maximum atomic E-state index is 2.73. The highest BCUT2D eigenvalue weighted by Crippen LogP contribution is 2.52. The van der Waals surface area contributed by atoms with Crippen molar-refractivity contribution in [2.45, 2.75) is 162 Å². The summed E-state index contributed by atoms with van der Waals surface area (Å²) in [5, 5.41) is 1.40. The van der Waals surface area contributed by atoms with Crippen LogP contribution in [0.2, 0.25) is 0 Å². The Hall–Kier alpha value is -4.28. The Morgan fingerprint density at radius 2 is 1.15 bits per heavy atom. The van der Waals surface area contributed by atoms with E-state index < -0.39 is 0 Å². The molecule has 0 amide bonds. The molecular formula is C57H65BN2S. The minimum absolute atomic E-state index is 0.0485. The number of benzene rings is 5. The molecule has 0 N–H and O–H groups in total. The predicted molar refractivity (Wildman–Crippen MR) is 266 cm³/mol. The molecule has 11 rings (SSSR count). The average Bonchev–Trinajstić information content (AvgIpc) is 3.58. The molecule has 4 heteroatoms.